The number of carbonyl (C=O) groups excluding carboxylic acids is 1. The van der Waals surface area contributed by atoms with Crippen LogP contribution in [0.15, 0.2) is 30.6 Å². The van der Waals surface area contributed by atoms with Crippen LogP contribution in [0.5, 0.6) is 0 Å². The predicted octanol–water partition coefficient (Wildman–Crippen LogP) is 1.95. The molecule has 108 valence electrons. The largest absolute Gasteiger partial charge is 0.395 e. The van der Waals surface area contributed by atoms with Crippen LogP contribution in [0.25, 0.3) is 0 Å². The summed E-state index contributed by atoms with van der Waals surface area (Å²) in [7, 11) is 0. The summed E-state index contributed by atoms with van der Waals surface area (Å²) in [6.45, 7) is 0.353. The van der Waals surface area contributed by atoms with E-state index in [2.05, 4.69) is 22.1 Å². The van der Waals surface area contributed by atoms with Gasteiger partial charge in [-0.05, 0) is 18.2 Å². The third kappa shape index (κ3) is 4.38. The topological polar surface area (TPSA) is 62.2 Å². The SMILES string of the molecule is O=C(NCc1ccc(C#CCCO)s1)c1ccncc1F. The monoisotopic (exact) mass is 304 g/mol. The molecule has 4 nitrogen and oxygen atoms in total. The number of hydrogen-bond donors (Lipinski definition) is 2. The summed E-state index contributed by atoms with van der Waals surface area (Å²) in [6, 6.07) is 5.05. The lowest BCUT2D eigenvalue weighted by molar-refractivity contribution is 0.0947. The van der Waals surface area contributed by atoms with E-state index in [1.165, 1.54) is 23.6 Å². The molecule has 0 aromatic carbocycles. The Morgan fingerprint density at radius 2 is 2.29 bits per heavy atom. The number of nitrogens with one attached hydrogen (secondary N) is 1. The van der Waals surface area contributed by atoms with Crippen molar-refractivity contribution in [1.82, 2.24) is 10.3 Å². The van der Waals surface area contributed by atoms with Crippen molar-refractivity contribution in [3.63, 3.8) is 0 Å². The molecule has 0 radical (unpaired) electrons. The maximum Gasteiger partial charge on any atom is 0.254 e. The molecule has 6 heteroatoms. The fourth-order valence-corrected chi connectivity index (χ4v) is 2.39. The highest BCUT2D eigenvalue weighted by molar-refractivity contribution is 7.12. The molecule has 2 N–H and O–H groups in total. The smallest absolute Gasteiger partial charge is 0.254 e. The van der Waals surface area contributed by atoms with Crippen LogP contribution < -0.4 is 5.32 Å². The quantitative estimate of drug-likeness (QED) is 0.849. The maximum absolute atomic E-state index is 13.4. The highest BCUT2D eigenvalue weighted by Gasteiger charge is 2.11. The van der Waals surface area contributed by atoms with Crippen LogP contribution in [0.1, 0.15) is 26.5 Å². The van der Waals surface area contributed by atoms with Gasteiger partial charge >= 0.3 is 0 Å². The van der Waals surface area contributed by atoms with E-state index >= 15 is 0 Å². The Balaban J connectivity index is 1.93. The molecular formula is C15H13FN2O2S. The van der Waals surface area contributed by atoms with Crippen LogP contribution in [0.2, 0.25) is 0 Å². The minimum absolute atomic E-state index is 0.0236. The number of pyridine rings is 1. The summed E-state index contributed by atoms with van der Waals surface area (Å²) in [5.41, 5.74) is -0.0236. The molecule has 0 aliphatic carbocycles. The van der Waals surface area contributed by atoms with E-state index in [-0.39, 0.29) is 12.2 Å². The lowest BCUT2D eigenvalue weighted by atomic mass is 10.2. The summed E-state index contributed by atoms with van der Waals surface area (Å²) in [5.74, 6) is 4.63. The zero-order valence-electron chi connectivity index (χ0n) is 11.1. The van der Waals surface area contributed by atoms with Crippen LogP contribution in [0.4, 0.5) is 4.39 Å². The van der Waals surface area contributed by atoms with Gasteiger partial charge in [-0.15, -0.1) is 11.3 Å². The van der Waals surface area contributed by atoms with Crippen molar-refractivity contribution in [2.45, 2.75) is 13.0 Å². The van der Waals surface area contributed by atoms with E-state index in [0.717, 1.165) is 16.0 Å². The number of nitrogens with zero attached hydrogens (tertiary/aromatic N) is 1. The summed E-state index contributed by atoms with van der Waals surface area (Å²) in [4.78, 5) is 17.2. The average molecular weight is 304 g/mol. The lowest BCUT2D eigenvalue weighted by Crippen LogP contribution is -2.23. The summed E-state index contributed by atoms with van der Waals surface area (Å²) >= 11 is 1.45. The first-order valence-electron chi connectivity index (χ1n) is 6.27. The zero-order chi connectivity index (χ0) is 15.1. The minimum atomic E-state index is -0.642. The van der Waals surface area contributed by atoms with Gasteiger partial charge in [-0.3, -0.25) is 9.78 Å². The Kier molecular flexibility index (Phi) is 5.43. The first-order chi connectivity index (χ1) is 10.2. The lowest BCUT2D eigenvalue weighted by Gasteiger charge is -2.03. The van der Waals surface area contributed by atoms with Gasteiger partial charge in [0.1, 0.15) is 0 Å². The number of thiophene rings is 1. The van der Waals surface area contributed by atoms with Gasteiger partial charge in [0.25, 0.3) is 5.91 Å². The second-order valence-electron chi connectivity index (χ2n) is 4.08. The van der Waals surface area contributed by atoms with Crippen LogP contribution in [-0.4, -0.2) is 22.6 Å². The first kappa shape index (κ1) is 15.2. The van der Waals surface area contributed by atoms with E-state index in [0.29, 0.717) is 13.0 Å². The number of amides is 1. The van der Waals surface area contributed by atoms with Crippen molar-refractivity contribution in [3.8, 4) is 11.8 Å². The molecule has 0 aliphatic rings. The van der Waals surface area contributed by atoms with E-state index in [1.807, 2.05) is 12.1 Å². The van der Waals surface area contributed by atoms with Crippen molar-refractivity contribution in [1.29, 1.82) is 0 Å². The van der Waals surface area contributed by atoms with Gasteiger partial charge in [-0.2, -0.15) is 0 Å². The highest BCUT2D eigenvalue weighted by atomic mass is 32.1. The molecule has 0 aliphatic heterocycles. The van der Waals surface area contributed by atoms with E-state index in [1.54, 1.807) is 0 Å². The molecule has 0 fully saturated rings. The second-order valence-corrected chi connectivity index (χ2v) is 5.25. The number of carbonyl (C=O) groups is 1. The van der Waals surface area contributed by atoms with Crippen LogP contribution in [-0.2, 0) is 6.54 Å². The van der Waals surface area contributed by atoms with Crippen LogP contribution in [0, 0.1) is 17.7 Å². The normalized spacial score (nSPS) is 9.81. The fraction of sp³-hybridized carbons (Fsp3) is 0.200. The standard InChI is InChI=1S/C15H13FN2O2S/c16-14-10-17-7-6-13(14)15(20)18-9-12-5-4-11(21-12)3-1-2-8-19/h4-7,10,19H,2,8-9H2,(H,18,20). The molecular weight excluding hydrogens is 291 g/mol. The number of aliphatic hydroxyl groups excluding tert-OH is 1. The molecule has 0 atom stereocenters. The molecule has 0 saturated carbocycles. The fourth-order valence-electron chi connectivity index (χ4n) is 1.57. The summed E-state index contributed by atoms with van der Waals surface area (Å²) in [6.07, 6.45) is 2.82. The molecule has 0 saturated heterocycles. The molecule has 2 rings (SSSR count). The molecule has 1 amide bonds. The summed E-state index contributed by atoms with van der Waals surface area (Å²) in [5, 5.41) is 11.3. The highest BCUT2D eigenvalue weighted by Crippen LogP contribution is 2.15. The number of aliphatic hydroxyl groups is 1. The minimum Gasteiger partial charge on any atom is -0.395 e. The number of hydrogen-bond acceptors (Lipinski definition) is 4. The number of halogens is 1. The Hall–Kier alpha value is -2.23. The molecule has 2 heterocycles. The first-order valence-corrected chi connectivity index (χ1v) is 7.08. The van der Waals surface area contributed by atoms with E-state index in [9.17, 15) is 9.18 Å². The van der Waals surface area contributed by atoms with Crippen molar-refractivity contribution in [2.24, 2.45) is 0 Å². The molecule has 2 aromatic rings. The molecule has 0 spiro atoms. The van der Waals surface area contributed by atoms with E-state index < -0.39 is 11.7 Å². The van der Waals surface area contributed by atoms with Crippen LogP contribution >= 0.6 is 11.3 Å². The van der Waals surface area contributed by atoms with Crippen molar-refractivity contribution in [2.75, 3.05) is 6.61 Å². The third-order valence-corrected chi connectivity index (χ3v) is 3.55. The van der Waals surface area contributed by atoms with Crippen molar-refractivity contribution in [3.05, 3.63) is 51.7 Å². The molecule has 0 bridgehead atoms. The summed E-state index contributed by atoms with van der Waals surface area (Å²) < 4.78 is 13.4. The van der Waals surface area contributed by atoms with Gasteiger partial charge in [-0.25, -0.2) is 4.39 Å². The average Bonchev–Trinajstić information content (AvgIpc) is 2.93. The number of aromatic nitrogens is 1. The molecule has 21 heavy (non-hydrogen) atoms. The van der Waals surface area contributed by atoms with Crippen LogP contribution in [0.3, 0.4) is 0 Å². The Morgan fingerprint density at radius 3 is 3.05 bits per heavy atom. The van der Waals surface area contributed by atoms with Gasteiger partial charge in [-0.1, -0.05) is 11.8 Å². The zero-order valence-corrected chi connectivity index (χ0v) is 11.9. The second kappa shape index (κ2) is 7.53. The van der Waals surface area contributed by atoms with Crippen molar-refractivity contribution < 1.29 is 14.3 Å². The third-order valence-electron chi connectivity index (χ3n) is 2.55. The Labute approximate surface area is 125 Å². The van der Waals surface area contributed by atoms with Gasteiger partial charge in [0.15, 0.2) is 5.82 Å². The Morgan fingerprint density at radius 1 is 1.43 bits per heavy atom. The molecule has 2 aromatic heterocycles. The maximum atomic E-state index is 13.4. The van der Waals surface area contributed by atoms with Gasteiger partial charge in [0.05, 0.1) is 29.8 Å². The predicted molar refractivity (Wildman–Crippen MR) is 78.3 cm³/mol. The molecule has 0 unspecified atom stereocenters. The van der Waals surface area contributed by atoms with Crippen molar-refractivity contribution >= 4 is 17.2 Å². The van der Waals surface area contributed by atoms with Gasteiger partial charge in [0.2, 0.25) is 0 Å². The number of rotatable bonds is 4. The van der Waals surface area contributed by atoms with Gasteiger partial charge in [0, 0.05) is 17.5 Å². The van der Waals surface area contributed by atoms with E-state index in [4.69, 9.17) is 5.11 Å². The van der Waals surface area contributed by atoms with Gasteiger partial charge < -0.3 is 10.4 Å². The Bertz CT molecular complexity index is 688.